The highest BCUT2D eigenvalue weighted by Gasteiger charge is 2.72. The minimum absolute atomic E-state index is 0.157. The maximum atomic E-state index is 12.5. The summed E-state index contributed by atoms with van der Waals surface area (Å²) in [6.07, 6.45) is -4.10. The van der Waals surface area contributed by atoms with Crippen LogP contribution in [0, 0.1) is 10.8 Å². The number of nitrogens with one attached hydrogen (secondary N) is 1. The van der Waals surface area contributed by atoms with Crippen LogP contribution in [0.15, 0.2) is 24.3 Å². The number of carbonyl (C=O) groups excluding carboxylic acids is 2. The van der Waals surface area contributed by atoms with Gasteiger partial charge in [-0.3, -0.25) is 9.59 Å². The number of amides is 1. The van der Waals surface area contributed by atoms with Crippen molar-refractivity contribution in [3.8, 4) is 0 Å². The van der Waals surface area contributed by atoms with Crippen LogP contribution in [0.1, 0.15) is 32.8 Å². The quantitative estimate of drug-likeness (QED) is 0.678. The van der Waals surface area contributed by atoms with Crippen molar-refractivity contribution >= 4 is 17.6 Å². The van der Waals surface area contributed by atoms with Crippen molar-refractivity contribution in [2.24, 2.45) is 10.8 Å². The monoisotopic (exact) mass is 329 g/mol. The summed E-state index contributed by atoms with van der Waals surface area (Å²) in [5, 5.41) is 2.51. The number of anilines is 1. The molecule has 1 amide bonds. The second-order valence-electron chi connectivity index (χ2n) is 6.22. The number of rotatable bonds is 4. The van der Waals surface area contributed by atoms with Gasteiger partial charge in [-0.1, -0.05) is 13.8 Å². The fourth-order valence-corrected chi connectivity index (χ4v) is 2.68. The van der Waals surface area contributed by atoms with Gasteiger partial charge in [0.25, 0.3) is 0 Å². The summed E-state index contributed by atoms with van der Waals surface area (Å²) in [4.78, 5) is 24.6. The average Bonchev–Trinajstić information content (AvgIpc) is 3.03. The Kier molecular flexibility index (Phi) is 4.17. The van der Waals surface area contributed by atoms with Crippen molar-refractivity contribution in [2.45, 2.75) is 33.4 Å². The van der Waals surface area contributed by atoms with Gasteiger partial charge in [-0.05, 0) is 43.0 Å². The molecule has 0 heterocycles. The summed E-state index contributed by atoms with van der Waals surface area (Å²) in [6, 6.07) is 4.08. The van der Waals surface area contributed by atoms with Crippen LogP contribution in [0.2, 0.25) is 0 Å². The van der Waals surface area contributed by atoms with Crippen LogP contribution < -0.4 is 5.32 Å². The van der Waals surface area contributed by atoms with Crippen LogP contribution in [0.3, 0.4) is 0 Å². The van der Waals surface area contributed by atoms with Gasteiger partial charge in [0.05, 0.1) is 12.2 Å². The van der Waals surface area contributed by atoms with E-state index >= 15 is 0 Å². The first-order chi connectivity index (χ1) is 10.5. The van der Waals surface area contributed by atoms with E-state index in [1.54, 1.807) is 20.8 Å². The summed E-state index contributed by atoms with van der Waals surface area (Å²) in [5.74, 6) is -1.16. The van der Waals surface area contributed by atoms with Crippen LogP contribution in [0.5, 0.6) is 0 Å². The standard InChI is InChI=1S/C16H18F3NO3/c1-4-23-13(22)15(9-14(15,2)3)12(21)20-11-7-5-10(6-8-11)16(17,18)19/h5-8H,4,9H2,1-3H3,(H,20,21). The zero-order chi connectivity index (χ0) is 17.5. The number of halogens is 3. The van der Waals surface area contributed by atoms with Gasteiger partial charge >= 0.3 is 12.1 Å². The summed E-state index contributed by atoms with van der Waals surface area (Å²) in [5.41, 5.74) is -2.43. The van der Waals surface area contributed by atoms with Crippen LogP contribution in [0.25, 0.3) is 0 Å². The van der Waals surface area contributed by atoms with E-state index in [9.17, 15) is 22.8 Å². The van der Waals surface area contributed by atoms with Gasteiger partial charge in [0.1, 0.15) is 0 Å². The second kappa shape index (κ2) is 5.54. The topological polar surface area (TPSA) is 55.4 Å². The molecule has 23 heavy (non-hydrogen) atoms. The highest BCUT2D eigenvalue weighted by Crippen LogP contribution is 2.64. The molecule has 1 aromatic carbocycles. The predicted octanol–water partition coefficient (Wildman–Crippen LogP) is 3.62. The zero-order valence-electron chi connectivity index (χ0n) is 13.1. The number of esters is 1. The lowest BCUT2D eigenvalue weighted by atomic mass is 9.94. The first kappa shape index (κ1) is 17.3. The van der Waals surface area contributed by atoms with Gasteiger partial charge in [-0.15, -0.1) is 0 Å². The molecule has 4 nitrogen and oxygen atoms in total. The lowest BCUT2D eigenvalue weighted by Crippen LogP contribution is -2.36. The number of benzene rings is 1. The molecule has 1 atom stereocenters. The fraction of sp³-hybridized carbons (Fsp3) is 0.500. The van der Waals surface area contributed by atoms with Crippen LogP contribution in [0.4, 0.5) is 18.9 Å². The Bertz CT molecular complexity index is 622. The van der Waals surface area contributed by atoms with Gasteiger partial charge in [0.15, 0.2) is 5.41 Å². The first-order valence-electron chi connectivity index (χ1n) is 7.20. The lowest BCUT2D eigenvalue weighted by Gasteiger charge is -2.18. The molecule has 1 aliphatic carbocycles. The Morgan fingerprint density at radius 3 is 2.13 bits per heavy atom. The average molecular weight is 329 g/mol. The normalized spacial score (nSPS) is 22.3. The van der Waals surface area contributed by atoms with Gasteiger partial charge in [0.2, 0.25) is 5.91 Å². The largest absolute Gasteiger partial charge is 0.465 e. The van der Waals surface area contributed by atoms with Gasteiger partial charge in [0, 0.05) is 5.69 Å². The minimum Gasteiger partial charge on any atom is -0.465 e. The van der Waals surface area contributed by atoms with Crippen molar-refractivity contribution in [2.75, 3.05) is 11.9 Å². The molecule has 0 saturated heterocycles. The summed E-state index contributed by atoms with van der Waals surface area (Å²) < 4.78 is 42.6. The molecule has 0 spiro atoms. The minimum atomic E-state index is -4.44. The molecule has 0 aromatic heterocycles. The summed E-state index contributed by atoms with van der Waals surface area (Å²) in [7, 11) is 0. The molecule has 2 rings (SSSR count). The number of carbonyl (C=O) groups is 2. The summed E-state index contributed by atoms with van der Waals surface area (Å²) >= 11 is 0. The molecular formula is C16H18F3NO3. The fourth-order valence-electron chi connectivity index (χ4n) is 2.68. The molecule has 1 aliphatic rings. The SMILES string of the molecule is CCOC(=O)C1(C(=O)Nc2ccc(C(F)(F)F)cc2)CC1(C)C. The molecule has 1 N–H and O–H groups in total. The molecular weight excluding hydrogens is 311 g/mol. The van der Waals surface area contributed by atoms with E-state index in [2.05, 4.69) is 5.32 Å². The van der Waals surface area contributed by atoms with Gasteiger partial charge < -0.3 is 10.1 Å². The Morgan fingerprint density at radius 2 is 1.74 bits per heavy atom. The van der Waals surface area contributed by atoms with Crippen LogP contribution in [-0.4, -0.2) is 18.5 Å². The third-order valence-electron chi connectivity index (χ3n) is 4.22. The highest BCUT2D eigenvalue weighted by molar-refractivity contribution is 6.12. The molecule has 1 fully saturated rings. The Hall–Kier alpha value is -2.05. The number of alkyl halides is 3. The Balaban J connectivity index is 2.16. The molecule has 0 bridgehead atoms. The first-order valence-corrected chi connectivity index (χ1v) is 7.20. The van der Waals surface area contributed by atoms with Gasteiger partial charge in [-0.2, -0.15) is 13.2 Å². The maximum Gasteiger partial charge on any atom is 0.416 e. The number of ether oxygens (including phenoxy) is 1. The molecule has 1 aromatic rings. The zero-order valence-corrected chi connectivity index (χ0v) is 13.1. The van der Waals surface area contributed by atoms with E-state index in [1.165, 1.54) is 0 Å². The van der Waals surface area contributed by atoms with Crippen LogP contribution in [-0.2, 0) is 20.5 Å². The van der Waals surface area contributed by atoms with E-state index in [-0.39, 0.29) is 12.3 Å². The number of hydrogen-bond donors (Lipinski definition) is 1. The molecule has 0 aliphatic heterocycles. The van der Waals surface area contributed by atoms with Gasteiger partial charge in [-0.25, -0.2) is 0 Å². The van der Waals surface area contributed by atoms with Crippen molar-refractivity contribution in [1.29, 1.82) is 0 Å². The maximum absolute atomic E-state index is 12.5. The number of hydrogen-bond acceptors (Lipinski definition) is 3. The van der Waals surface area contributed by atoms with Crippen LogP contribution >= 0.6 is 0 Å². The van der Waals surface area contributed by atoms with Crippen molar-refractivity contribution in [3.63, 3.8) is 0 Å². The molecule has 0 radical (unpaired) electrons. The molecule has 1 unspecified atom stereocenters. The molecule has 7 heteroatoms. The molecule has 126 valence electrons. The van der Waals surface area contributed by atoms with E-state index in [1.807, 2.05) is 0 Å². The van der Waals surface area contributed by atoms with Crippen molar-refractivity contribution in [3.05, 3.63) is 29.8 Å². The Morgan fingerprint density at radius 1 is 1.22 bits per heavy atom. The third-order valence-corrected chi connectivity index (χ3v) is 4.22. The predicted molar refractivity (Wildman–Crippen MR) is 77.5 cm³/mol. The Labute approximate surface area is 132 Å². The summed E-state index contributed by atoms with van der Waals surface area (Å²) in [6.45, 7) is 5.35. The van der Waals surface area contributed by atoms with Crippen molar-refractivity contribution in [1.82, 2.24) is 0 Å². The van der Waals surface area contributed by atoms with E-state index in [0.29, 0.717) is 6.42 Å². The lowest BCUT2D eigenvalue weighted by molar-refractivity contribution is -0.154. The molecule has 1 saturated carbocycles. The highest BCUT2D eigenvalue weighted by atomic mass is 19.4. The smallest absolute Gasteiger partial charge is 0.416 e. The van der Waals surface area contributed by atoms with Crippen molar-refractivity contribution < 1.29 is 27.5 Å². The van der Waals surface area contributed by atoms with E-state index < -0.39 is 34.4 Å². The third kappa shape index (κ3) is 3.04. The van der Waals surface area contributed by atoms with E-state index in [4.69, 9.17) is 4.74 Å². The van der Waals surface area contributed by atoms with E-state index in [0.717, 1.165) is 24.3 Å². The second-order valence-corrected chi connectivity index (χ2v) is 6.22.